The molecule has 2 heterocycles. The van der Waals surface area contributed by atoms with Crippen molar-refractivity contribution in [3.63, 3.8) is 0 Å². The van der Waals surface area contributed by atoms with Crippen LogP contribution in [0.5, 0.6) is 0 Å². The van der Waals surface area contributed by atoms with Crippen LogP contribution in [0.1, 0.15) is 40.4 Å². The van der Waals surface area contributed by atoms with E-state index in [-0.39, 0.29) is 5.91 Å². The van der Waals surface area contributed by atoms with Crippen molar-refractivity contribution in [1.29, 1.82) is 0 Å². The molecular weight excluding hydrogens is 318 g/mol. The predicted molar refractivity (Wildman–Crippen MR) is 79.3 cm³/mol. The number of carbonyl (C=O) groups excluding carboxylic acids is 1. The molecule has 4 nitrogen and oxygen atoms in total. The molecule has 1 N–H and O–H groups in total. The number of halogens is 1. The van der Waals surface area contributed by atoms with Crippen molar-refractivity contribution in [3.05, 3.63) is 58.1 Å². The van der Waals surface area contributed by atoms with Crippen molar-refractivity contribution in [1.82, 2.24) is 15.3 Å². The first-order valence-corrected chi connectivity index (χ1v) is 7.35. The lowest BCUT2D eigenvalue weighted by Gasteiger charge is -2.06. The number of carbonyl (C=O) groups is 1. The van der Waals surface area contributed by atoms with Crippen molar-refractivity contribution in [2.24, 2.45) is 0 Å². The number of rotatable bonds is 4. The Morgan fingerprint density at radius 2 is 2.15 bits per heavy atom. The second-order valence-electron chi connectivity index (χ2n) is 4.94. The maximum Gasteiger partial charge on any atom is 0.253 e. The Morgan fingerprint density at radius 3 is 2.80 bits per heavy atom. The zero-order chi connectivity index (χ0) is 13.9. The average Bonchev–Trinajstić information content (AvgIpc) is 3.30. The van der Waals surface area contributed by atoms with Crippen LogP contribution >= 0.6 is 15.9 Å². The minimum atomic E-state index is -0.134. The van der Waals surface area contributed by atoms with E-state index < -0.39 is 0 Å². The van der Waals surface area contributed by atoms with E-state index in [4.69, 9.17) is 0 Å². The highest BCUT2D eigenvalue weighted by atomic mass is 79.9. The van der Waals surface area contributed by atoms with E-state index in [9.17, 15) is 4.79 Å². The molecule has 0 saturated heterocycles. The summed E-state index contributed by atoms with van der Waals surface area (Å²) in [4.78, 5) is 20.4. The van der Waals surface area contributed by atoms with Crippen LogP contribution in [0.25, 0.3) is 0 Å². The SMILES string of the molecule is O=C(NCc1ccc(C2CC2)nc1)c1cncc(Br)c1. The van der Waals surface area contributed by atoms with Crippen LogP contribution in [-0.2, 0) is 6.54 Å². The van der Waals surface area contributed by atoms with Gasteiger partial charge in [0, 0.05) is 41.2 Å². The quantitative estimate of drug-likeness (QED) is 0.936. The van der Waals surface area contributed by atoms with Gasteiger partial charge in [0.05, 0.1) is 5.56 Å². The predicted octanol–water partition coefficient (Wildman–Crippen LogP) is 3.05. The summed E-state index contributed by atoms with van der Waals surface area (Å²) in [6.07, 6.45) is 7.54. The van der Waals surface area contributed by atoms with Crippen LogP contribution in [-0.4, -0.2) is 15.9 Å². The molecule has 1 aliphatic rings. The lowest BCUT2D eigenvalue weighted by atomic mass is 10.2. The van der Waals surface area contributed by atoms with E-state index >= 15 is 0 Å². The minimum absolute atomic E-state index is 0.134. The third kappa shape index (κ3) is 3.22. The summed E-state index contributed by atoms with van der Waals surface area (Å²) < 4.78 is 0.792. The van der Waals surface area contributed by atoms with Gasteiger partial charge >= 0.3 is 0 Å². The Morgan fingerprint density at radius 1 is 1.30 bits per heavy atom. The van der Waals surface area contributed by atoms with Crippen molar-refractivity contribution in [2.45, 2.75) is 25.3 Å². The summed E-state index contributed by atoms with van der Waals surface area (Å²) in [5.41, 5.74) is 2.71. The van der Waals surface area contributed by atoms with Gasteiger partial charge in [-0.15, -0.1) is 0 Å². The van der Waals surface area contributed by atoms with E-state index in [1.54, 1.807) is 18.5 Å². The van der Waals surface area contributed by atoms with Gasteiger partial charge in [0.1, 0.15) is 0 Å². The Kier molecular flexibility index (Phi) is 3.78. The van der Waals surface area contributed by atoms with Gasteiger partial charge in [0.15, 0.2) is 0 Å². The van der Waals surface area contributed by atoms with E-state index in [0.29, 0.717) is 18.0 Å². The molecule has 0 radical (unpaired) electrons. The summed E-state index contributed by atoms with van der Waals surface area (Å²) in [6.45, 7) is 0.475. The summed E-state index contributed by atoms with van der Waals surface area (Å²) in [5.74, 6) is 0.524. The van der Waals surface area contributed by atoms with Crippen molar-refractivity contribution in [3.8, 4) is 0 Å². The molecule has 102 valence electrons. The summed E-state index contributed by atoms with van der Waals surface area (Å²) >= 11 is 3.30. The standard InChI is InChI=1S/C15H14BrN3O/c16-13-5-12(8-17-9-13)15(20)19-7-10-1-4-14(18-6-10)11-2-3-11/h1,4-6,8-9,11H,2-3,7H2,(H,19,20). The molecule has 0 bridgehead atoms. The second kappa shape index (κ2) is 5.71. The average molecular weight is 332 g/mol. The molecule has 3 rings (SSSR count). The lowest BCUT2D eigenvalue weighted by molar-refractivity contribution is 0.0950. The van der Waals surface area contributed by atoms with Gasteiger partial charge in [-0.25, -0.2) is 0 Å². The Balaban J connectivity index is 1.59. The van der Waals surface area contributed by atoms with Crippen LogP contribution in [0, 0.1) is 0 Å². The van der Waals surface area contributed by atoms with Gasteiger partial charge in [-0.3, -0.25) is 14.8 Å². The Bertz CT molecular complexity index is 623. The lowest BCUT2D eigenvalue weighted by Crippen LogP contribution is -2.23. The molecule has 1 saturated carbocycles. The largest absolute Gasteiger partial charge is 0.348 e. The fourth-order valence-corrected chi connectivity index (χ4v) is 2.35. The smallest absolute Gasteiger partial charge is 0.253 e. The highest BCUT2D eigenvalue weighted by Gasteiger charge is 2.24. The molecular formula is C15H14BrN3O. The third-order valence-corrected chi connectivity index (χ3v) is 3.70. The molecule has 0 aliphatic heterocycles. The first-order chi connectivity index (χ1) is 9.72. The molecule has 0 unspecified atom stereocenters. The van der Waals surface area contributed by atoms with Crippen LogP contribution < -0.4 is 5.32 Å². The van der Waals surface area contributed by atoms with E-state index in [1.807, 2.05) is 12.3 Å². The van der Waals surface area contributed by atoms with Gasteiger partial charge in [-0.05, 0) is 46.5 Å². The molecule has 5 heteroatoms. The van der Waals surface area contributed by atoms with E-state index in [0.717, 1.165) is 15.7 Å². The second-order valence-corrected chi connectivity index (χ2v) is 5.86. The zero-order valence-electron chi connectivity index (χ0n) is 10.8. The molecule has 1 fully saturated rings. The highest BCUT2D eigenvalue weighted by molar-refractivity contribution is 9.10. The summed E-state index contributed by atoms with van der Waals surface area (Å²) in [6, 6.07) is 5.83. The van der Waals surface area contributed by atoms with E-state index in [1.165, 1.54) is 12.8 Å². The topological polar surface area (TPSA) is 54.9 Å². The van der Waals surface area contributed by atoms with Gasteiger partial charge < -0.3 is 5.32 Å². The summed E-state index contributed by atoms with van der Waals surface area (Å²) in [5, 5.41) is 2.87. The van der Waals surface area contributed by atoms with Crippen molar-refractivity contribution >= 4 is 21.8 Å². The fourth-order valence-electron chi connectivity index (χ4n) is 1.98. The number of aromatic nitrogens is 2. The van der Waals surface area contributed by atoms with Gasteiger partial charge in [0.2, 0.25) is 0 Å². The van der Waals surface area contributed by atoms with Gasteiger partial charge in [-0.2, -0.15) is 0 Å². The van der Waals surface area contributed by atoms with Crippen LogP contribution in [0.2, 0.25) is 0 Å². The molecule has 0 atom stereocenters. The highest BCUT2D eigenvalue weighted by Crippen LogP contribution is 2.38. The maximum atomic E-state index is 12.0. The number of nitrogens with one attached hydrogen (secondary N) is 1. The Labute approximate surface area is 125 Å². The number of pyridine rings is 2. The number of hydrogen-bond donors (Lipinski definition) is 1. The molecule has 1 aliphatic carbocycles. The van der Waals surface area contributed by atoms with Crippen molar-refractivity contribution in [2.75, 3.05) is 0 Å². The number of hydrogen-bond acceptors (Lipinski definition) is 3. The first-order valence-electron chi connectivity index (χ1n) is 6.56. The molecule has 0 aromatic carbocycles. The summed E-state index contributed by atoms with van der Waals surface area (Å²) in [7, 11) is 0. The number of amides is 1. The minimum Gasteiger partial charge on any atom is -0.348 e. The van der Waals surface area contributed by atoms with Gasteiger partial charge in [0.25, 0.3) is 5.91 Å². The number of nitrogens with zero attached hydrogens (tertiary/aromatic N) is 2. The molecule has 2 aromatic rings. The maximum absolute atomic E-state index is 12.0. The first kappa shape index (κ1) is 13.2. The van der Waals surface area contributed by atoms with Crippen molar-refractivity contribution < 1.29 is 4.79 Å². The fraction of sp³-hybridized carbons (Fsp3) is 0.267. The molecule has 20 heavy (non-hydrogen) atoms. The monoisotopic (exact) mass is 331 g/mol. The zero-order valence-corrected chi connectivity index (χ0v) is 12.4. The van der Waals surface area contributed by atoms with Gasteiger partial charge in [-0.1, -0.05) is 6.07 Å². The molecule has 0 spiro atoms. The normalized spacial score (nSPS) is 14.1. The van der Waals surface area contributed by atoms with Crippen LogP contribution in [0.3, 0.4) is 0 Å². The van der Waals surface area contributed by atoms with Crippen LogP contribution in [0.4, 0.5) is 0 Å². The third-order valence-electron chi connectivity index (χ3n) is 3.26. The molecule has 2 aromatic heterocycles. The van der Waals surface area contributed by atoms with E-state index in [2.05, 4.69) is 37.3 Å². The van der Waals surface area contributed by atoms with Crippen LogP contribution in [0.15, 0.2) is 41.3 Å². The Hall–Kier alpha value is -1.75. The molecule has 1 amide bonds.